The lowest BCUT2D eigenvalue weighted by Crippen LogP contribution is -2.13. The van der Waals surface area contributed by atoms with E-state index in [0.717, 1.165) is 5.92 Å². The molecule has 2 rings (SSSR count). The molecule has 0 unspecified atom stereocenters. The van der Waals surface area contributed by atoms with Crippen molar-refractivity contribution in [3.8, 4) is 0 Å². The van der Waals surface area contributed by atoms with E-state index in [1.54, 1.807) is 0 Å². The molecule has 13 heavy (non-hydrogen) atoms. The van der Waals surface area contributed by atoms with Crippen LogP contribution in [0, 0.1) is 16.4 Å². The first kappa shape index (κ1) is 9.46. The summed E-state index contributed by atoms with van der Waals surface area (Å²) in [7, 11) is 0. The van der Waals surface area contributed by atoms with Gasteiger partial charge in [0.05, 0.1) is 0 Å². The van der Waals surface area contributed by atoms with Crippen LogP contribution < -0.4 is 5.73 Å². The molecule has 0 heterocycles. The summed E-state index contributed by atoms with van der Waals surface area (Å²) in [4.78, 5) is 0. The lowest BCUT2D eigenvalue weighted by atomic mass is 10.0. The van der Waals surface area contributed by atoms with Gasteiger partial charge in [0.1, 0.15) is 0 Å². The summed E-state index contributed by atoms with van der Waals surface area (Å²) in [6.45, 7) is 2.12. The predicted octanol–water partition coefficient (Wildman–Crippen LogP) is 3.01. The average molecular weight is 287 g/mol. The average Bonchev–Trinajstić information content (AvgIpc) is 2.91. The molecule has 1 aromatic carbocycles. The highest BCUT2D eigenvalue weighted by atomic mass is 127. The molecule has 0 amide bonds. The lowest BCUT2D eigenvalue weighted by Gasteiger charge is -2.13. The van der Waals surface area contributed by atoms with Crippen molar-refractivity contribution >= 4 is 22.6 Å². The maximum atomic E-state index is 6.17. The second-order valence-electron chi connectivity index (χ2n) is 3.89. The van der Waals surface area contributed by atoms with Gasteiger partial charge in [0, 0.05) is 9.61 Å². The van der Waals surface area contributed by atoms with E-state index >= 15 is 0 Å². The summed E-state index contributed by atoms with van der Waals surface area (Å²) in [5, 5.41) is 0. The Morgan fingerprint density at radius 2 is 2.15 bits per heavy atom. The van der Waals surface area contributed by atoms with Gasteiger partial charge in [0.15, 0.2) is 0 Å². The predicted molar refractivity (Wildman–Crippen MR) is 63.5 cm³/mol. The van der Waals surface area contributed by atoms with Crippen molar-refractivity contribution in [2.75, 3.05) is 0 Å². The molecule has 1 nitrogen and oxygen atoms in total. The molecular weight excluding hydrogens is 273 g/mol. The third-order valence-corrected chi connectivity index (χ3v) is 3.62. The molecule has 0 aromatic heterocycles. The lowest BCUT2D eigenvalue weighted by molar-refractivity contribution is 0.630. The molecule has 0 aliphatic heterocycles. The number of rotatable bonds is 2. The molecule has 1 aliphatic carbocycles. The SMILES string of the molecule is Cc1ccc(I)c([C@@H](N)C2CC2)c1. The van der Waals surface area contributed by atoms with Gasteiger partial charge in [-0.2, -0.15) is 0 Å². The van der Waals surface area contributed by atoms with E-state index in [1.807, 2.05) is 0 Å². The molecular formula is C11H14IN. The number of aryl methyl sites for hydroxylation is 1. The Morgan fingerprint density at radius 1 is 1.46 bits per heavy atom. The largest absolute Gasteiger partial charge is 0.324 e. The van der Waals surface area contributed by atoms with Gasteiger partial charge in [-0.25, -0.2) is 0 Å². The highest BCUT2D eigenvalue weighted by Gasteiger charge is 2.30. The van der Waals surface area contributed by atoms with E-state index in [0.29, 0.717) is 0 Å². The van der Waals surface area contributed by atoms with E-state index in [4.69, 9.17) is 5.73 Å². The topological polar surface area (TPSA) is 26.0 Å². The monoisotopic (exact) mass is 287 g/mol. The molecule has 0 radical (unpaired) electrons. The van der Waals surface area contributed by atoms with Crippen LogP contribution in [0.25, 0.3) is 0 Å². The van der Waals surface area contributed by atoms with Gasteiger partial charge in [-0.15, -0.1) is 0 Å². The summed E-state index contributed by atoms with van der Waals surface area (Å²) < 4.78 is 1.31. The van der Waals surface area contributed by atoms with Crippen molar-refractivity contribution in [1.29, 1.82) is 0 Å². The molecule has 1 atom stereocenters. The molecule has 0 spiro atoms. The molecule has 70 valence electrons. The summed E-state index contributed by atoms with van der Waals surface area (Å²) in [6, 6.07) is 6.80. The van der Waals surface area contributed by atoms with Crippen LogP contribution in [0.15, 0.2) is 18.2 Å². The van der Waals surface area contributed by atoms with Crippen molar-refractivity contribution in [3.05, 3.63) is 32.9 Å². The molecule has 0 bridgehead atoms. The van der Waals surface area contributed by atoms with Gasteiger partial charge in [-0.1, -0.05) is 17.7 Å². The van der Waals surface area contributed by atoms with Crippen molar-refractivity contribution in [1.82, 2.24) is 0 Å². The Labute approximate surface area is 92.9 Å². The number of halogens is 1. The molecule has 1 saturated carbocycles. The Hall–Kier alpha value is -0.0900. The molecule has 0 saturated heterocycles. The van der Waals surface area contributed by atoms with Crippen molar-refractivity contribution in [2.24, 2.45) is 11.7 Å². The Bertz CT molecular complexity index is 318. The first-order chi connectivity index (χ1) is 6.18. The number of benzene rings is 1. The van der Waals surface area contributed by atoms with E-state index in [-0.39, 0.29) is 6.04 Å². The maximum absolute atomic E-state index is 6.17. The van der Waals surface area contributed by atoms with Crippen molar-refractivity contribution < 1.29 is 0 Å². The third-order valence-electron chi connectivity index (χ3n) is 2.64. The summed E-state index contributed by atoms with van der Waals surface area (Å²) in [6.07, 6.45) is 2.62. The minimum atomic E-state index is 0.270. The number of hydrogen-bond acceptors (Lipinski definition) is 1. The smallest absolute Gasteiger partial charge is 0.0334 e. The molecule has 2 N–H and O–H groups in total. The van der Waals surface area contributed by atoms with E-state index < -0.39 is 0 Å². The number of hydrogen-bond donors (Lipinski definition) is 1. The zero-order valence-electron chi connectivity index (χ0n) is 7.76. The Morgan fingerprint density at radius 3 is 2.77 bits per heavy atom. The third kappa shape index (κ3) is 2.05. The van der Waals surface area contributed by atoms with Crippen LogP contribution in [-0.2, 0) is 0 Å². The van der Waals surface area contributed by atoms with Crippen LogP contribution in [0.5, 0.6) is 0 Å². The van der Waals surface area contributed by atoms with Crippen molar-refractivity contribution in [3.63, 3.8) is 0 Å². The summed E-state index contributed by atoms with van der Waals surface area (Å²) in [5.74, 6) is 0.746. The van der Waals surface area contributed by atoms with Gasteiger partial charge in [0.2, 0.25) is 0 Å². The summed E-state index contributed by atoms with van der Waals surface area (Å²) >= 11 is 2.37. The fourth-order valence-electron chi connectivity index (χ4n) is 1.63. The van der Waals surface area contributed by atoms with Crippen LogP contribution >= 0.6 is 22.6 Å². The highest BCUT2D eigenvalue weighted by Crippen LogP contribution is 2.40. The molecule has 1 aliphatic rings. The summed E-state index contributed by atoms with van der Waals surface area (Å²) in [5.41, 5.74) is 8.81. The van der Waals surface area contributed by atoms with Gasteiger partial charge < -0.3 is 5.73 Å². The first-order valence-corrected chi connectivity index (χ1v) is 5.78. The zero-order valence-corrected chi connectivity index (χ0v) is 9.91. The Balaban J connectivity index is 2.31. The van der Waals surface area contributed by atoms with Crippen LogP contribution in [0.4, 0.5) is 0 Å². The van der Waals surface area contributed by atoms with Gasteiger partial charge in [-0.3, -0.25) is 0 Å². The molecule has 2 heteroatoms. The van der Waals surface area contributed by atoms with Gasteiger partial charge in [0.25, 0.3) is 0 Å². The Kier molecular flexibility index (Phi) is 2.60. The fourth-order valence-corrected chi connectivity index (χ4v) is 2.32. The minimum absolute atomic E-state index is 0.270. The quantitative estimate of drug-likeness (QED) is 0.831. The van der Waals surface area contributed by atoms with E-state index in [9.17, 15) is 0 Å². The highest BCUT2D eigenvalue weighted by molar-refractivity contribution is 14.1. The second-order valence-corrected chi connectivity index (χ2v) is 5.05. The van der Waals surface area contributed by atoms with Crippen LogP contribution in [0.2, 0.25) is 0 Å². The first-order valence-electron chi connectivity index (χ1n) is 4.70. The van der Waals surface area contributed by atoms with E-state index in [1.165, 1.54) is 27.5 Å². The second kappa shape index (κ2) is 3.58. The van der Waals surface area contributed by atoms with Gasteiger partial charge in [-0.05, 0) is 59.9 Å². The van der Waals surface area contributed by atoms with Crippen molar-refractivity contribution in [2.45, 2.75) is 25.8 Å². The zero-order chi connectivity index (χ0) is 9.42. The van der Waals surface area contributed by atoms with Crippen LogP contribution in [-0.4, -0.2) is 0 Å². The van der Waals surface area contributed by atoms with Crippen LogP contribution in [0.3, 0.4) is 0 Å². The fraction of sp³-hybridized carbons (Fsp3) is 0.455. The molecule has 1 fully saturated rings. The standard InChI is InChI=1S/C11H14IN/c1-7-2-5-10(12)9(6-7)11(13)8-3-4-8/h2,5-6,8,11H,3-4,13H2,1H3/t11-/m0/s1. The number of nitrogens with two attached hydrogens (primary N) is 1. The van der Waals surface area contributed by atoms with E-state index in [2.05, 4.69) is 47.7 Å². The molecule has 1 aromatic rings. The normalized spacial score (nSPS) is 18.7. The maximum Gasteiger partial charge on any atom is 0.0334 e. The van der Waals surface area contributed by atoms with Gasteiger partial charge >= 0.3 is 0 Å². The minimum Gasteiger partial charge on any atom is -0.324 e. The van der Waals surface area contributed by atoms with Crippen LogP contribution in [0.1, 0.15) is 30.0 Å².